The second kappa shape index (κ2) is 6.76. The average molecular weight is 346 g/mol. The van der Waals surface area contributed by atoms with E-state index in [-0.39, 0.29) is 17.1 Å². The lowest BCUT2D eigenvalue weighted by atomic mass is 10.2. The van der Waals surface area contributed by atoms with Gasteiger partial charge in [-0.05, 0) is 30.3 Å². The van der Waals surface area contributed by atoms with Crippen molar-refractivity contribution < 1.29 is 18.3 Å². The van der Waals surface area contributed by atoms with Crippen molar-refractivity contribution in [3.8, 4) is 17.0 Å². The number of ether oxygens (including phenoxy) is 1. The lowest BCUT2D eigenvalue weighted by Gasteiger charge is -2.07. The number of nitrogens with zero attached hydrogens (tertiary/aromatic N) is 1. The van der Waals surface area contributed by atoms with Crippen molar-refractivity contribution in [3.05, 3.63) is 65.0 Å². The van der Waals surface area contributed by atoms with E-state index in [0.717, 1.165) is 6.07 Å². The summed E-state index contributed by atoms with van der Waals surface area (Å²) in [7, 11) is 1.40. The van der Waals surface area contributed by atoms with Crippen LogP contribution in [0.2, 0.25) is 0 Å². The molecule has 1 heterocycles. The maximum Gasteiger partial charge on any atom is 0.261 e. The monoisotopic (exact) mass is 346 g/mol. The van der Waals surface area contributed by atoms with Gasteiger partial charge in [0.25, 0.3) is 5.91 Å². The molecule has 122 valence electrons. The summed E-state index contributed by atoms with van der Waals surface area (Å²) in [6.07, 6.45) is 0. The van der Waals surface area contributed by atoms with Gasteiger partial charge < -0.3 is 4.74 Å². The van der Waals surface area contributed by atoms with E-state index in [9.17, 15) is 13.6 Å². The van der Waals surface area contributed by atoms with E-state index in [1.807, 2.05) is 0 Å². The standard InChI is InChI=1S/C17H12F2N2O2S/c1-23-15-6-5-12(19)8-13(15)16(22)21-17-20-14(9-24-17)10-3-2-4-11(18)7-10/h2-9H,1H3,(H,20,21,22). The zero-order chi connectivity index (χ0) is 17.1. The lowest BCUT2D eigenvalue weighted by molar-refractivity contribution is 0.102. The van der Waals surface area contributed by atoms with Crippen LogP contribution in [0.1, 0.15) is 10.4 Å². The minimum Gasteiger partial charge on any atom is -0.496 e. The van der Waals surface area contributed by atoms with Gasteiger partial charge in [0.2, 0.25) is 0 Å². The van der Waals surface area contributed by atoms with Crippen molar-refractivity contribution in [3.63, 3.8) is 0 Å². The molecule has 0 fully saturated rings. The molecule has 7 heteroatoms. The summed E-state index contributed by atoms with van der Waals surface area (Å²) in [5.41, 5.74) is 1.22. The van der Waals surface area contributed by atoms with Gasteiger partial charge in [-0.25, -0.2) is 13.8 Å². The third-order valence-electron chi connectivity index (χ3n) is 3.25. The number of amides is 1. The molecule has 0 radical (unpaired) electrons. The molecule has 1 N–H and O–H groups in total. The molecule has 1 aromatic heterocycles. The fourth-order valence-electron chi connectivity index (χ4n) is 2.13. The number of thiazole rings is 1. The van der Waals surface area contributed by atoms with Gasteiger partial charge in [0, 0.05) is 10.9 Å². The minimum atomic E-state index is -0.541. The van der Waals surface area contributed by atoms with Gasteiger partial charge in [-0.15, -0.1) is 11.3 Å². The second-order valence-corrected chi connectivity index (χ2v) is 5.71. The topological polar surface area (TPSA) is 51.2 Å². The van der Waals surface area contributed by atoms with Crippen LogP contribution in [0.3, 0.4) is 0 Å². The van der Waals surface area contributed by atoms with Crippen molar-refractivity contribution >= 4 is 22.4 Å². The number of hydrogen-bond acceptors (Lipinski definition) is 4. The Labute approximate surface area is 140 Å². The normalized spacial score (nSPS) is 10.5. The Morgan fingerprint density at radius 2 is 1.96 bits per heavy atom. The summed E-state index contributed by atoms with van der Waals surface area (Å²) in [6, 6.07) is 9.69. The fraction of sp³-hybridized carbons (Fsp3) is 0.0588. The third-order valence-corrected chi connectivity index (χ3v) is 4.01. The predicted octanol–water partition coefficient (Wildman–Crippen LogP) is 4.35. The second-order valence-electron chi connectivity index (χ2n) is 4.85. The van der Waals surface area contributed by atoms with Crippen molar-refractivity contribution in [2.75, 3.05) is 12.4 Å². The van der Waals surface area contributed by atoms with Crippen LogP contribution in [0.15, 0.2) is 47.8 Å². The minimum absolute atomic E-state index is 0.0694. The zero-order valence-corrected chi connectivity index (χ0v) is 13.4. The summed E-state index contributed by atoms with van der Waals surface area (Å²) >= 11 is 1.19. The maximum absolute atomic E-state index is 13.4. The highest BCUT2D eigenvalue weighted by Crippen LogP contribution is 2.27. The SMILES string of the molecule is COc1ccc(F)cc1C(=O)Nc1nc(-c2cccc(F)c2)cs1. The molecule has 1 amide bonds. The first-order chi connectivity index (χ1) is 11.6. The molecule has 0 aliphatic carbocycles. The van der Waals surface area contributed by atoms with Crippen LogP contribution in [0, 0.1) is 11.6 Å². The number of benzene rings is 2. The molecule has 3 aromatic rings. The number of halogens is 2. The van der Waals surface area contributed by atoms with E-state index in [2.05, 4.69) is 10.3 Å². The molecule has 24 heavy (non-hydrogen) atoms. The Morgan fingerprint density at radius 1 is 1.17 bits per heavy atom. The lowest BCUT2D eigenvalue weighted by Crippen LogP contribution is -2.13. The predicted molar refractivity (Wildman–Crippen MR) is 88.4 cm³/mol. The largest absolute Gasteiger partial charge is 0.496 e. The highest BCUT2D eigenvalue weighted by Gasteiger charge is 2.15. The van der Waals surface area contributed by atoms with Crippen LogP contribution in [0.5, 0.6) is 5.75 Å². The molecule has 0 aliphatic rings. The number of carbonyl (C=O) groups is 1. The van der Waals surface area contributed by atoms with Gasteiger partial charge in [0.15, 0.2) is 5.13 Å². The summed E-state index contributed by atoms with van der Waals surface area (Å²) < 4.78 is 31.7. The summed E-state index contributed by atoms with van der Waals surface area (Å²) in [5.74, 6) is -1.18. The number of aromatic nitrogens is 1. The van der Waals surface area contributed by atoms with Crippen molar-refractivity contribution in [2.45, 2.75) is 0 Å². The summed E-state index contributed by atoms with van der Waals surface area (Å²) in [6.45, 7) is 0. The molecule has 0 unspecified atom stereocenters. The first-order valence-corrected chi connectivity index (χ1v) is 7.81. The molecule has 0 aliphatic heterocycles. The zero-order valence-electron chi connectivity index (χ0n) is 12.5. The molecule has 4 nitrogen and oxygen atoms in total. The number of hydrogen-bond donors (Lipinski definition) is 1. The number of nitrogens with one attached hydrogen (secondary N) is 1. The highest BCUT2D eigenvalue weighted by molar-refractivity contribution is 7.14. The van der Waals surface area contributed by atoms with Gasteiger partial charge in [-0.2, -0.15) is 0 Å². The average Bonchev–Trinajstić information content (AvgIpc) is 3.03. The van der Waals surface area contributed by atoms with E-state index < -0.39 is 11.7 Å². The van der Waals surface area contributed by atoms with Crippen LogP contribution in [-0.4, -0.2) is 18.0 Å². The number of carbonyl (C=O) groups excluding carboxylic acids is 1. The number of methoxy groups -OCH3 is 1. The number of rotatable bonds is 4. The van der Waals surface area contributed by atoms with Gasteiger partial charge in [-0.1, -0.05) is 12.1 Å². The molecule has 0 bridgehead atoms. The molecule has 3 rings (SSSR count). The Morgan fingerprint density at radius 3 is 2.71 bits per heavy atom. The number of anilines is 1. The maximum atomic E-state index is 13.4. The molecule has 2 aromatic carbocycles. The van der Waals surface area contributed by atoms with Gasteiger partial charge in [0.1, 0.15) is 17.4 Å². The van der Waals surface area contributed by atoms with Crippen LogP contribution >= 0.6 is 11.3 Å². The van der Waals surface area contributed by atoms with Crippen LogP contribution in [0.4, 0.5) is 13.9 Å². The Hall–Kier alpha value is -2.80. The van der Waals surface area contributed by atoms with E-state index in [4.69, 9.17) is 4.74 Å². The van der Waals surface area contributed by atoms with Crippen molar-refractivity contribution in [2.24, 2.45) is 0 Å². The van der Waals surface area contributed by atoms with E-state index >= 15 is 0 Å². The molecule has 0 saturated heterocycles. The van der Waals surface area contributed by atoms with Gasteiger partial charge >= 0.3 is 0 Å². The summed E-state index contributed by atoms with van der Waals surface area (Å²) in [5, 5.41) is 4.62. The van der Waals surface area contributed by atoms with Crippen LogP contribution in [-0.2, 0) is 0 Å². The van der Waals surface area contributed by atoms with E-state index in [1.165, 1.54) is 42.7 Å². The fourth-order valence-corrected chi connectivity index (χ4v) is 2.85. The first kappa shape index (κ1) is 16.1. The first-order valence-electron chi connectivity index (χ1n) is 6.93. The van der Waals surface area contributed by atoms with Crippen molar-refractivity contribution in [1.29, 1.82) is 0 Å². The van der Waals surface area contributed by atoms with Crippen LogP contribution < -0.4 is 10.1 Å². The molecular weight excluding hydrogens is 334 g/mol. The van der Waals surface area contributed by atoms with Crippen LogP contribution in [0.25, 0.3) is 11.3 Å². The Balaban J connectivity index is 1.82. The summed E-state index contributed by atoms with van der Waals surface area (Å²) in [4.78, 5) is 16.5. The van der Waals surface area contributed by atoms with Gasteiger partial charge in [-0.3, -0.25) is 10.1 Å². The molecule has 0 atom stereocenters. The third kappa shape index (κ3) is 3.41. The molecule has 0 spiro atoms. The smallest absolute Gasteiger partial charge is 0.261 e. The highest BCUT2D eigenvalue weighted by atomic mass is 32.1. The molecular formula is C17H12F2N2O2S. The van der Waals surface area contributed by atoms with Crippen molar-refractivity contribution in [1.82, 2.24) is 4.98 Å². The van der Waals surface area contributed by atoms with E-state index in [1.54, 1.807) is 17.5 Å². The Bertz CT molecular complexity index is 896. The quantitative estimate of drug-likeness (QED) is 0.764. The molecule has 0 saturated carbocycles. The van der Waals surface area contributed by atoms with Gasteiger partial charge in [0.05, 0.1) is 18.4 Å². The Kier molecular flexibility index (Phi) is 4.52. The van der Waals surface area contributed by atoms with E-state index in [0.29, 0.717) is 16.4 Å².